The minimum absolute atomic E-state index is 0.0440. The first-order chi connectivity index (χ1) is 16.5. The van der Waals surface area contributed by atoms with Crippen molar-refractivity contribution in [2.45, 2.75) is 5.16 Å². The summed E-state index contributed by atoms with van der Waals surface area (Å²) < 4.78 is 28.6. The van der Waals surface area contributed by atoms with E-state index in [9.17, 15) is 18.4 Å². The number of hydrogen-bond donors (Lipinski definition) is 1. The van der Waals surface area contributed by atoms with Crippen molar-refractivity contribution < 1.29 is 13.6 Å². The molecule has 1 N–H and O–H groups in total. The fourth-order valence-electron chi connectivity index (χ4n) is 3.71. The molecule has 34 heavy (non-hydrogen) atoms. The number of amides is 1. The average molecular weight is 474 g/mol. The largest absolute Gasteiger partial charge is 0.325 e. The Bertz CT molecular complexity index is 1610. The molecule has 0 fully saturated rings. The molecule has 168 valence electrons. The van der Waals surface area contributed by atoms with E-state index in [1.807, 2.05) is 42.5 Å². The Morgan fingerprint density at radius 1 is 0.882 bits per heavy atom. The van der Waals surface area contributed by atoms with Crippen molar-refractivity contribution in [1.29, 1.82) is 0 Å². The van der Waals surface area contributed by atoms with Crippen LogP contribution >= 0.6 is 11.8 Å². The van der Waals surface area contributed by atoms with E-state index < -0.39 is 17.2 Å². The monoisotopic (exact) mass is 473 g/mol. The number of anilines is 1. The number of aromatic nitrogens is 2. The molecule has 5 nitrogen and oxygen atoms in total. The van der Waals surface area contributed by atoms with Gasteiger partial charge in [0.25, 0.3) is 5.56 Å². The summed E-state index contributed by atoms with van der Waals surface area (Å²) in [6.45, 7) is 0. The second-order valence-electron chi connectivity index (χ2n) is 7.51. The van der Waals surface area contributed by atoms with Crippen molar-refractivity contribution in [3.63, 3.8) is 0 Å². The fourth-order valence-corrected chi connectivity index (χ4v) is 4.52. The lowest BCUT2D eigenvalue weighted by Gasteiger charge is -2.14. The number of halogens is 2. The van der Waals surface area contributed by atoms with E-state index in [1.165, 1.54) is 10.6 Å². The van der Waals surface area contributed by atoms with Crippen LogP contribution in [0.2, 0.25) is 0 Å². The number of carbonyl (C=O) groups is 1. The fraction of sp³-hybridized carbons (Fsp3) is 0.0385. The summed E-state index contributed by atoms with van der Waals surface area (Å²) in [4.78, 5) is 30.5. The first-order valence-corrected chi connectivity index (χ1v) is 11.4. The van der Waals surface area contributed by atoms with E-state index in [-0.39, 0.29) is 22.5 Å². The molecular formula is C26H17F2N3O2S. The zero-order chi connectivity index (χ0) is 23.7. The normalized spacial score (nSPS) is 11.1. The van der Waals surface area contributed by atoms with Gasteiger partial charge in [0.05, 0.1) is 22.3 Å². The van der Waals surface area contributed by atoms with Crippen LogP contribution < -0.4 is 10.9 Å². The topological polar surface area (TPSA) is 64.0 Å². The third-order valence-electron chi connectivity index (χ3n) is 5.30. The lowest BCUT2D eigenvalue weighted by atomic mass is 10.1. The third-order valence-corrected chi connectivity index (χ3v) is 6.24. The van der Waals surface area contributed by atoms with E-state index in [0.717, 1.165) is 34.7 Å². The highest BCUT2D eigenvalue weighted by Crippen LogP contribution is 2.25. The molecule has 0 saturated heterocycles. The standard InChI is InChI=1S/C26H17F2N3O2S/c27-20-13-12-17(14-21(20)28)31-25(33)19-9-3-4-10-23(19)30-26(31)34-15-24(32)29-22-11-5-7-16-6-1-2-8-18(16)22/h1-14H,15H2,(H,29,32). The number of carbonyl (C=O) groups excluding carboxylic acids is 1. The van der Waals surface area contributed by atoms with Crippen molar-refractivity contribution in [1.82, 2.24) is 9.55 Å². The van der Waals surface area contributed by atoms with Crippen molar-refractivity contribution in [2.24, 2.45) is 0 Å². The highest BCUT2D eigenvalue weighted by atomic mass is 32.2. The molecule has 0 radical (unpaired) electrons. The van der Waals surface area contributed by atoms with Gasteiger partial charge in [0.1, 0.15) is 0 Å². The summed E-state index contributed by atoms with van der Waals surface area (Å²) in [6.07, 6.45) is 0. The third kappa shape index (κ3) is 4.15. The molecule has 5 rings (SSSR count). The number of thioether (sulfide) groups is 1. The molecule has 0 spiro atoms. The highest BCUT2D eigenvalue weighted by molar-refractivity contribution is 7.99. The van der Waals surface area contributed by atoms with Crippen LogP contribution in [0.3, 0.4) is 0 Å². The number of hydrogen-bond acceptors (Lipinski definition) is 4. The molecule has 0 bridgehead atoms. The van der Waals surface area contributed by atoms with Crippen molar-refractivity contribution in [2.75, 3.05) is 11.1 Å². The Hall–Kier alpha value is -4.04. The van der Waals surface area contributed by atoms with Crippen LogP contribution in [0.25, 0.3) is 27.4 Å². The zero-order valence-electron chi connectivity index (χ0n) is 17.7. The predicted octanol–water partition coefficient (Wildman–Crippen LogP) is 5.55. The van der Waals surface area contributed by atoms with Crippen LogP contribution in [0.4, 0.5) is 14.5 Å². The lowest BCUT2D eigenvalue weighted by Crippen LogP contribution is -2.23. The number of nitrogens with zero attached hydrogens (tertiary/aromatic N) is 2. The maximum atomic E-state index is 13.9. The Morgan fingerprint density at radius 2 is 1.62 bits per heavy atom. The summed E-state index contributed by atoms with van der Waals surface area (Å²) >= 11 is 1.04. The SMILES string of the molecule is O=C(CSc1nc2ccccc2c(=O)n1-c1ccc(F)c(F)c1)Nc1cccc2ccccc12. The second-order valence-corrected chi connectivity index (χ2v) is 8.46. The quantitative estimate of drug-likeness (QED) is 0.269. The Morgan fingerprint density at radius 3 is 2.44 bits per heavy atom. The molecule has 1 aromatic heterocycles. The minimum atomic E-state index is -1.08. The summed E-state index contributed by atoms with van der Waals surface area (Å²) in [5.41, 5.74) is 0.809. The van der Waals surface area contributed by atoms with E-state index in [4.69, 9.17) is 0 Å². The van der Waals surface area contributed by atoms with Crippen molar-refractivity contribution in [3.8, 4) is 5.69 Å². The lowest BCUT2D eigenvalue weighted by molar-refractivity contribution is -0.113. The van der Waals surface area contributed by atoms with Gasteiger partial charge in [0.2, 0.25) is 5.91 Å². The van der Waals surface area contributed by atoms with Crippen LogP contribution in [-0.2, 0) is 4.79 Å². The minimum Gasteiger partial charge on any atom is -0.325 e. The summed E-state index contributed by atoms with van der Waals surface area (Å²) in [7, 11) is 0. The molecule has 0 atom stereocenters. The van der Waals surface area contributed by atoms with Gasteiger partial charge >= 0.3 is 0 Å². The van der Waals surface area contributed by atoms with E-state index >= 15 is 0 Å². The molecule has 4 aromatic carbocycles. The predicted molar refractivity (Wildman–Crippen MR) is 131 cm³/mol. The molecule has 0 unspecified atom stereocenters. The molecular weight excluding hydrogens is 456 g/mol. The molecule has 0 aliphatic heterocycles. The van der Waals surface area contributed by atoms with Crippen LogP contribution in [0.5, 0.6) is 0 Å². The first-order valence-electron chi connectivity index (χ1n) is 10.4. The number of rotatable bonds is 5. The van der Waals surface area contributed by atoms with Gasteiger partial charge < -0.3 is 5.32 Å². The van der Waals surface area contributed by atoms with Gasteiger partial charge in [-0.2, -0.15) is 0 Å². The van der Waals surface area contributed by atoms with Crippen LogP contribution in [0, 0.1) is 11.6 Å². The van der Waals surface area contributed by atoms with Gasteiger partial charge in [-0.3, -0.25) is 14.2 Å². The van der Waals surface area contributed by atoms with Crippen LogP contribution in [-0.4, -0.2) is 21.2 Å². The maximum absolute atomic E-state index is 13.9. The second kappa shape index (κ2) is 9.07. The maximum Gasteiger partial charge on any atom is 0.266 e. The molecule has 0 aliphatic rings. The number of benzene rings is 4. The molecule has 1 heterocycles. The summed E-state index contributed by atoms with van der Waals surface area (Å²) in [5.74, 6) is -2.44. The average Bonchev–Trinajstić information content (AvgIpc) is 2.85. The number of para-hydroxylation sites is 1. The van der Waals surface area contributed by atoms with Crippen molar-refractivity contribution >= 4 is 45.0 Å². The Labute approximate surface area is 197 Å². The van der Waals surface area contributed by atoms with Gasteiger partial charge in [-0.15, -0.1) is 0 Å². The van der Waals surface area contributed by atoms with E-state index in [2.05, 4.69) is 10.3 Å². The van der Waals surface area contributed by atoms with Gasteiger partial charge in [-0.25, -0.2) is 13.8 Å². The van der Waals surface area contributed by atoms with Gasteiger partial charge in [0, 0.05) is 17.1 Å². The van der Waals surface area contributed by atoms with Gasteiger partial charge in [-0.1, -0.05) is 60.3 Å². The van der Waals surface area contributed by atoms with Gasteiger partial charge in [0.15, 0.2) is 16.8 Å². The summed E-state index contributed by atoms with van der Waals surface area (Å²) in [6, 6.07) is 23.3. The van der Waals surface area contributed by atoms with Gasteiger partial charge in [-0.05, 0) is 35.7 Å². The number of fused-ring (bicyclic) bond motifs is 2. The van der Waals surface area contributed by atoms with Crippen LogP contribution in [0.1, 0.15) is 0 Å². The van der Waals surface area contributed by atoms with E-state index in [1.54, 1.807) is 24.3 Å². The Balaban J connectivity index is 1.48. The van der Waals surface area contributed by atoms with Crippen molar-refractivity contribution in [3.05, 3.63) is 107 Å². The first kappa shape index (κ1) is 21.8. The molecule has 5 aromatic rings. The molecule has 0 aliphatic carbocycles. The zero-order valence-corrected chi connectivity index (χ0v) is 18.5. The van der Waals surface area contributed by atoms with Crippen LogP contribution in [0.15, 0.2) is 94.9 Å². The smallest absolute Gasteiger partial charge is 0.266 e. The molecule has 8 heteroatoms. The van der Waals surface area contributed by atoms with E-state index in [0.29, 0.717) is 16.6 Å². The molecule has 1 amide bonds. The highest BCUT2D eigenvalue weighted by Gasteiger charge is 2.16. The Kier molecular flexibility index (Phi) is 5.81. The number of nitrogens with one attached hydrogen (secondary N) is 1. The molecule has 0 saturated carbocycles. The summed E-state index contributed by atoms with van der Waals surface area (Å²) in [5, 5.41) is 5.33.